The molecule has 1 heterocycles. The Morgan fingerprint density at radius 3 is 2.29 bits per heavy atom. The van der Waals surface area contributed by atoms with E-state index >= 15 is 0 Å². The lowest BCUT2D eigenvalue weighted by Crippen LogP contribution is -2.40. The number of thiophene rings is 1. The van der Waals surface area contributed by atoms with Crippen LogP contribution in [-0.4, -0.2) is 37.6 Å². The van der Waals surface area contributed by atoms with Crippen molar-refractivity contribution in [1.82, 2.24) is 9.62 Å². The summed E-state index contributed by atoms with van der Waals surface area (Å²) >= 11 is 7.12. The molecular weight excluding hydrogens is 372 g/mol. The van der Waals surface area contributed by atoms with Crippen molar-refractivity contribution in [3.05, 3.63) is 16.0 Å². The Labute approximate surface area is 153 Å². The van der Waals surface area contributed by atoms with Crippen LogP contribution in [0.1, 0.15) is 47.1 Å². The number of hydrogen-bond acceptors (Lipinski definition) is 5. The zero-order valence-corrected chi connectivity index (χ0v) is 17.4. The van der Waals surface area contributed by atoms with Crippen LogP contribution < -0.4 is 4.72 Å². The second-order valence-electron chi connectivity index (χ2n) is 7.56. The topological polar surface area (TPSA) is 75.7 Å². The van der Waals surface area contributed by atoms with E-state index in [1.807, 2.05) is 0 Å². The highest BCUT2D eigenvalue weighted by molar-refractivity contribution is 7.91. The van der Waals surface area contributed by atoms with Crippen molar-refractivity contribution < 1.29 is 17.9 Å². The average Bonchev–Trinajstić information content (AvgIpc) is 2.66. The first kappa shape index (κ1) is 21.2. The Hall–Kier alpha value is -0.830. The molecule has 0 aliphatic carbocycles. The van der Waals surface area contributed by atoms with Gasteiger partial charge in [0.1, 0.15) is 9.81 Å². The highest BCUT2D eigenvalue weighted by Crippen LogP contribution is 2.32. The van der Waals surface area contributed by atoms with Crippen LogP contribution in [-0.2, 0) is 21.3 Å². The molecule has 24 heavy (non-hydrogen) atoms. The molecule has 0 aliphatic rings. The Morgan fingerprint density at radius 2 is 1.83 bits per heavy atom. The van der Waals surface area contributed by atoms with Gasteiger partial charge in [0, 0.05) is 18.2 Å². The van der Waals surface area contributed by atoms with E-state index in [9.17, 15) is 13.2 Å². The van der Waals surface area contributed by atoms with E-state index in [4.69, 9.17) is 16.3 Å². The molecule has 1 aromatic rings. The van der Waals surface area contributed by atoms with Gasteiger partial charge in [-0.3, -0.25) is 0 Å². The first-order chi connectivity index (χ1) is 10.6. The van der Waals surface area contributed by atoms with Crippen LogP contribution in [0.25, 0.3) is 0 Å². The first-order valence-electron chi connectivity index (χ1n) is 7.37. The third-order valence-corrected chi connectivity index (χ3v) is 6.22. The Kier molecular flexibility index (Phi) is 6.36. The molecule has 0 radical (unpaired) electrons. The predicted molar refractivity (Wildman–Crippen MR) is 97.1 cm³/mol. The van der Waals surface area contributed by atoms with Gasteiger partial charge in [0.2, 0.25) is 0 Å². The third-order valence-electron chi connectivity index (χ3n) is 2.55. The molecule has 6 nitrogen and oxygen atoms in total. The van der Waals surface area contributed by atoms with Crippen molar-refractivity contribution in [2.45, 2.75) is 63.4 Å². The average molecular weight is 397 g/mol. The van der Waals surface area contributed by atoms with E-state index in [0.29, 0.717) is 9.90 Å². The second-order valence-corrected chi connectivity index (χ2v) is 11.1. The molecule has 0 fully saturated rings. The van der Waals surface area contributed by atoms with Crippen molar-refractivity contribution >= 4 is 39.1 Å². The summed E-state index contributed by atoms with van der Waals surface area (Å²) in [6.07, 6.45) is -0.498. The van der Waals surface area contributed by atoms with Crippen molar-refractivity contribution in [3.63, 3.8) is 0 Å². The molecule has 1 N–H and O–H groups in total. The summed E-state index contributed by atoms with van der Waals surface area (Å²) in [6.45, 7) is 10.8. The predicted octanol–water partition coefficient (Wildman–Crippen LogP) is 3.85. The summed E-state index contributed by atoms with van der Waals surface area (Å²) in [5, 5.41) is 0. The van der Waals surface area contributed by atoms with Gasteiger partial charge in [-0.2, -0.15) is 0 Å². The van der Waals surface area contributed by atoms with Gasteiger partial charge in [-0.1, -0.05) is 11.6 Å². The summed E-state index contributed by atoms with van der Waals surface area (Å²) in [7, 11) is -2.08. The Morgan fingerprint density at radius 1 is 1.29 bits per heavy atom. The standard InChI is InChI=1S/C15H25ClN2O4S2/c1-14(2,3)17-24(20,21)11-8-10(12(16)23-11)9-18(7)13(19)22-15(4,5)6/h8,17H,9H2,1-7H3. The number of halogens is 1. The lowest BCUT2D eigenvalue weighted by Gasteiger charge is -2.24. The molecule has 0 aromatic carbocycles. The number of nitrogens with zero attached hydrogens (tertiary/aromatic N) is 1. The number of carbonyl (C=O) groups is 1. The lowest BCUT2D eigenvalue weighted by atomic mass is 10.1. The monoisotopic (exact) mass is 396 g/mol. The molecule has 138 valence electrons. The van der Waals surface area contributed by atoms with Crippen LogP contribution >= 0.6 is 22.9 Å². The van der Waals surface area contributed by atoms with Gasteiger partial charge in [0.25, 0.3) is 10.0 Å². The Bertz CT molecular complexity index is 700. The SMILES string of the molecule is CN(Cc1cc(S(=O)(=O)NC(C)(C)C)sc1Cl)C(=O)OC(C)(C)C. The fourth-order valence-corrected chi connectivity index (χ4v) is 4.89. The smallest absolute Gasteiger partial charge is 0.410 e. The van der Waals surface area contributed by atoms with Crippen molar-refractivity contribution in [3.8, 4) is 0 Å². The van der Waals surface area contributed by atoms with Crippen molar-refractivity contribution in [1.29, 1.82) is 0 Å². The minimum absolute atomic E-state index is 0.120. The minimum atomic E-state index is -3.66. The van der Waals surface area contributed by atoms with Gasteiger partial charge in [-0.25, -0.2) is 17.9 Å². The summed E-state index contributed by atoms with van der Waals surface area (Å²) in [6, 6.07) is 1.49. The third kappa shape index (κ3) is 6.58. The molecule has 0 spiro atoms. The summed E-state index contributed by atoms with van der Waals surface area (Å²) in [4.78, 5) is 13.4. The quantitative estimate of drug-likeness (QED) is 0.838. The number of carbonyl (C=O) groups excluding carboxylic acids is 1. The van der Waals surface area contributed by atoms with Gasteiger partial charge in [0.05, 0.1) is 10.9 Å². The number of sulfonamides is 1. The van der Waals surface area contributed by atoms with Crippen LogP contribution in [0.4, 0.5) is 4.79 Å². The molecule has 0 saturated heterocycles. The van der Waals surface area contributed by atoms with Crippen LogP contribution in [0.15, 0.2) is 10.3 Å². The van der Waals surface area contributed by atoms with Crippen LogP contribution in [0.2, 0.25) is 4.34 Å². The minimum Gasteiger partial charge on any atom is -0.444 e. The fourth-order valence-electron chi connectivity index (χ4n) is 1.74. The number of rotatable bonds is 4. The van der Waals surface area contributed by atoms with E-state index in [1.54, 1.807) is 48.6 Å². The number of ether oxygens (including phenoxy) is 1. The highest BCUT2D eigenvalue weighted by Gasteiger charge is 2.26. The zero-order valence-electron chi connectivity index (χ0n) is 15.1. The highest BCUT2D eigenvalue weighted by atomic mass is 35.5. The molecule has 0 aliphatic heterocycles. The largest absolute Gasteiger partial charge is 0.444 e. The summed E-state index contributed by atoms with van der Waals surface area (Å²) < 4.78 is 33.0. The van der Waals surface area contributed by atoms with Crippen LogP contribution in [0.3, 0.4) is 0 Å². The van der Waals surface area contributed by atoms with E-state index < -0.39 is 27.3 Å². The number of nitrogens with one attached hydrogen (secondary N) is 1. The van der Waals surface area contributed by atoms with Gasteiger partial charge in [0.15, 0.2) is 0 Å². The van der Waals surface area contributed by atoms with Gasteiger partial charge in [-0.05, 0) is 47.6 Å². The molecule has 1 rings (SSSR count). The second kappa shape index (κ2) is 7.19. The zero-order chi connectivity index (χ0) is 18.9. The molecule has 9 heteroatoms. The van der Waals surface area contributed by atoms with Gasteiger partial charge < -0.3 is 9.64 Å². The molecule has 0 bridgehead atoms. The molecule has 0 atom stereocenters. The molecule has 1 aromatic heterocycles. The normalized spacial score (nSPS) is 13.0. The first-order valence-corrected chi connectivity index (χ1v) is 10.0. The number of hydrogen-bond donors (Lipinski definition) is 1. The lowest BCUT2D eigenvalue weighted by molar-refractivity contribution is 0.0285. The van der Waals surface area contributed by atoms with E-state index in [-0.39, 0.29) is 10.8 Å². The maximum atomic E-state index is 12.4. The fraction of sp³-hybridized carbons (Fsp3) is 0.667. The molecule has 0 saturated carbocycles. The summed E-state index contributed by atoms with van der Waals surface area (Å²) in [5.41, 5.74) is -0.637. The van der Waals surface area contributed by atoms with E-state index in [0.717, 1.165) is 11.3 Å². The van der Waals surface area contributed by atoms with Crippen LogP contribution in [0, 0.1) is 0 Å². The summed E-state index contributed by atoms with van der Waals surface area (Å²) in [5.74, 6) is 0. The van der Waals surface area contributed by atoms with E-state index in [1.165, 1.54) is 11.0 Å². The van der Waals surface area contributed by atoms with Crippen molar-refractivity contribution in [2.75, 3.05) is 7.05 Å². The van der Waals surface area contributed by atoms with Crippen LogP contribution in [0.5, 0.6) is 0 Å². The number of amides is 1. The van der Waals surface area contributed by atoms with Gasteiger partial charge in [-0.15, -0.1) is 11.3 Å². The molecule has 0 unspecified atom stereocenters. The Balaban J connectivity index is 2.93. The maximum Gasteiger partial charge on any atom is 0.410 e. The van der Waals surface area contributed by atoms with Crippen molar-refractivity contribution in [2.24, 2.45) is 0 Å². The van der Waals surface area contributed by atoms with E-state index in [2.05, 4.69) is 4.72 Å². The van der Waals surface area contributed by atoms with Gasteiger partial charge >= 0.3 is 6.09 Å². The molecular formula is C15H25ClN2O4S2. The molecule has 1 amide bonds. The maximum absolute atomic E-state index is 12.4.